The quantitative estimate of drug-likeness (QED) is 0.707. The van der Waals surface area contributed by atoms with Crippen molar-refractivity contribution in [1.82, 2.24) is 0 Å². The zero-order chi connectivity index (χ0) is 10.4. The van der Waals surface area contributed by atoms with E-state index in [1.54, 1.807) is 0 Å². The molecule has 0 aliphatic heterocycles. The fourth-order valence-corrected chi connectivity index (χ4v) is 2.57. The molecule has 2 N–H and O–H groups in total. The van der Waals surface area contributed by atoms with Crippen molar-refractivity contribution in [3.63, 3.8) is 0 Å². The van der Waals surface area contributed by atoms with Gasteiger partial charge in [-0.15, -0.1) is 0 Å². The SMILES string of the molecule is CCOC1(CN)CCCC(CC)CC1. The summed E-state index contributed by atoms with van der Waals surface area (Å²) in [5.41, 5.74) is 5.87. The second kappa shape index (κ2) is 5.72. The van der Waals surface area contributed by atoms with Crippen molar-refractivity contribution >= 4 is 0 Å². The summed E-state index contributed by atoms with van der Waals surface area (Å²) in [6, 6.07) is 0. The van der Waals surface area contributed by atoms with Gasteiger partial charge in [0.15, 0.2) is 0 Å². The molecule has 2 nitrogen and oxygen atoms in total. The predicted octanol–water partition coefficient (Wildman–Crippen LogP) is 2.71. The van der Waals surface area contributed by atoms with Gasteiger partial charge in [-0.2, -0.15) is 0 Å². The Labute approximate surface area is 88.2 Å². The van der Waals surface area contributed by atoms with Crippen molar-refractivity contribution in [3.8, 4) is 0 Å². The molecule has 2 atom stereocenters. The summed E-state index contributed by atoms with van der Waals surface area (Å²) in [6.45, 7) is 5.85. The molecule has 14 heavy (non-hydrogen) atoms. The standard InChI is InChI=1S/C12H25NO/c1-3-11-6-5-8-12(10-13,9-7-11)14-4-2/h11H,3-10,13H2,1-2H3. The number of rotatable bonds is 4. The van der Waals surface area contributed by atoms with E-state index < -0.39 is 0 Å². The van der Waals surface area contributed by atoms with Crippen LogP contribution in [-0.2, 0) is 4.74 Å². The van der Waals surface area contributed by atoms with E-state index in [0.717, 1.165) is 25.4 Å². The Balaban J connectivity index is 2.52. The lowest BCUT2D eigenvalue weighted by molar-refractivity contribution is -0.0436. The molecule has 0 radical (unpaired) electrons. The third-order valence-electron chi connectivity index (χ3n) is 3.65. The van der Waals surface area contributed by atoms with E-state index in [-0.39, 0.29) is 5.60 Å². The molecule has 0 aromatic rings. The highest BCUT2D eigenvalue weighted by atomic mass is 16.5. The highest BCUT2D eigenvalue weighted by Crippen LogP contribution is 2.33. The lowest BCUT2D eigenvalue weighted by atomic mass is 9.93. The summed E-state index contributed by atoms with van der Waals surface area (Å²) in [7, 11) is 0. The zero-order valence-corrected chi connectivity index (χ0v) is 9.72. The van der Waals surface area contributed by atoms with Crippen LogP contribution in [0.5, 0.6) is 0 Å². The first-order valence-electron chi connectivity index (χ1n) is 6.10. The normalized spacial score (nSPS) is 34.1. The smallest absolute Gasteiger partial charge is 0.0804 e. The average Bonchev–Trinajstić information content (AvgIpc) is 2.42. The minimum atomic E-state index is 0.0126. The van der Waals surface area contributed by atoms with Crippen molar-refractivity contribution in [2.75, 3.05) is 13.2 Å². The summed E-state index contributed by atoms with van der Waals surface area (Å²) in [5.74, 6) is 0.906. The minimum Gasteiger partial charge on any atom is -0.374 e. The topological polar surface area (TPSA) is 35.2 Å². The Morgan fingerprint density at radius 1 is 1.29 bits per heavy atom. The first-order valence-corrected chi connectivity index (χ1v) is 6.10. The molecule has 1 fully saturated rings. The summed E-state index contributed by atoms with van der Waals surface area (Å²) < 4.78 is 5.87. The van der Waals surface area contributed by atoms with Gasteiger partial charge in [-0.25, -0.2) is 0 Å². The van der Waals surface area contributed by atoms with E-state index in [1.807, 2.05) is 0 Å². The van der Waals surface area contributed by atoms with Crippen LogP contribution >= 0.6 is 0 Å². The van der Waals surface area contributed by atoms with Crippen molar-refractivity contribution in [2.24, 2.45) is 11.7 Å². The maximum atomic E-state index is 5.87. The molecule has 0 aromatic carbocycles. The molecule has 1 rings (SSSR count). The lowest BCUT2D eigenvalue weighted by Gasteiger charge is -2.31. The lowest BCUT2D eigenvalue weighted by Crippen LogP contribution is -2.40. The van der Waals surface area contributed by atoms with Crippen LogP contribution in [-0.4, -0.2) is 18.8 Å². The van der Waals surface area contributed by atoms with Gasteiger partial charge >= 0.3 is 0 Å². The molecule has 0 spiro atoms. The molecule has 0 amide bonds. The Morgan fingerprint density at radius 2 is 2.07 bits per heavy atom. The van der Waals surface area contributed by atoms with E-state index in [2.05, 4.69) is 13.8 Å². The molecule has 1 aliphatic carbocycles. The molecule has 0 aromatic heterocycles. The van der Waals surface area contributed by atoms with Gasteiger partial charge in [-0.1, -0.05) is 26.2 Å². The Bertz CT molecular complexity index is 160. The van der Waals surface area contributed by atoms with Crippen LogP contribution in [0, 0.1) is 5.92 Å². The number of hydrogen-bond donors (Lipinski definition) is 1. The number of hydrogen-bond acceptors (Lipinski definition) is 2. The molecule has 0 saturated heterocycles. The van der Waals surface area contributed by atoms with E-state index in [0.29, 0.717) is 6.54 Å². The van der Waals surface area contributed by atoms with Gasteiger partial charge in [-0.3, -0.25) is 0 Å². The molecule has 0 heterocycles. The van der Waals surface area contributed by atoms with E-state index >= 15 is 0 Å². The largest absolute Gasteiger partial charge is 0.374 e. The highest BCUT2D eigenvalue weighted by molar-refractivity contribution is 4.85. The second-order valence-electron chi connectivity index (χ2n) is 4.53. The van der Waals surface area contributed by atoms with Crippen molar-refractivity contribution < 1.29 is 4.74 Å². The zero-order valence-electron chi connectivity index (χ0n) is 9.72. The van der Waals surface area contributed by atoms with Crippen LogP contribution in [0.2, 0.25) is 0 Å². The molecule has 84 valence electrons. The fraction of sp³-hybridized carbons (Fsp3) is 1.00. The maximum Gasteiger partial charge on any atom is 0.0804 e. The van der Waals surface area contributed by atoms with Crippen LogP contribution in [0.1, 0.15) is 52.4 Å². The first-order chi connectivity index (χ1) is 6.76. The van der Waals surface area contributed by atoms with Crippen molar-refractivity contribution in [3.05, 3.63) is 0 Å². The second-order valence-corrected chi connectivity index (χ2v) is 4.53. The van der Waals surface area contributed by atoms with E-state index in [4.69, 9.17) is 10.5 Å². The Morgan fingerprint density at radius 3 is 2.64 bits per heavy atom. The Hall–Kier alpha value is -0.0800. The van der Waals surface area contributed by atoms with Gasteiger partial charge in [-0.05, 0) is 32.1 Å². The molecular weight excluding hydrogens is 174 g/mol. The van der Waals surface area contributed by atoms with Gasteiger partial charge in [0.05, 0.1) is 5.60 Å². The maximum absolute atomic E-state index is 5.87. The summed E-state index contributed by atoms with van der Waals surface area (Å²) in [6.07, 6.45) is 7.59. The van der Waals surface area contributed by atoms with Gasteiger partial charge in [0.25, 0.3) is 0 Å². The fourth-order valence-electron chi connectivity index (χ4n) is 2.57. The van der Waals surface area contributed by atoms with Crippen LogP contribution in [0.4, 0.5) is 0 Å². The molecule has 2 unspecified atom stereocenters. The first kappa shape index (κ1) is 12.0. The summed E-state index contributed by atoms with van der Waals surface area (Å²) in [4.78, 5) is 0. The van der Waals surface area contributed by atoms with Crippen LogP contribution in [0.15, 0.2) is 0 Å². The third kappa shape index (κ3) is 2.96. The number of ether oxygens (including phenoxy) is 1. The molecule has 2 heteroatoms. The molecule has 0 bridgehead atoms. The highest BCUT2D eigenvalue weighted by Gasteiger charge is 2.31. The van der Waals surface area contributed by atoms with Crippen molar-refractivity contribution in [1.29, 1.82) is 0 Å². The van der Waals surface area contributed by atoms with Gasteiger partial charge in [0.2, 0.25) is 0 Å². The molecular formula is C12H25NO. The third-order valence-corrected chi connectivity index (χ3v) is 3.65. The summed E-state index contributed by atoms with van der Waals surface area (Å²) >= 11 is 0. The summed E-state index contributed by atoms with van der Waals surface area (Å²) in [5, 5.41) is 0. The predicted molar refractivity (Wildman–Crippen MR) is 60.3 cm³/mol. The van der Waals surface area contributed by atoms with Crippen molar-refractivity contribution in [2.45, 2.75) is 58.0 Å². The minimum absolute atomic E-state index is 0.0126. The average molecular weight is 199 g/mol. The van der Waals surface area contributed by atoms with Gasteiger partial charge in [0, 0.05) is 13.2 Å². The van der Waals surface area contributed by atoms with Crippen LogP contribution in [0.3, 0.4) is 0 Å². The number of nitrogens with two attached hydrogens (primary N) is 1. The molecule has 1 saturated carbocycles. The Kier molecular flexibility index (Phi) is 4.90. The van der Waals surface area contributed by atoms with Crippen LogP contribution < -0.4 is 5.73 Å². The van der Waals surface area contributed by atoms with Gasteiger partial charge in [0.1, 0.15) is 0 Å². The molecule has 1 aliphatic rings. The van der Waals surface area contributed by atoms with E-state index in [1.165, 1.54) is 25.7 Å². The monoisotopic (exact) mass is 199 g/mol. The van der Waals surface area contributed by atoms with E-state index in [9.17, 15) is 0 Å². The van der Waals surface area contributed by atoms with Gasteiger partial charge < -0.3 is 10.5 Å². The van der Waals surface area contributed by atoms with Crippen LogP contribution in [0.25, 0.3) is 0 Å².